The van der Waals surface area contributed by atoms with Crippen LogP contribution in [0.25, 0.3) is 21.6 Å². The van der Waals surface area contributed by atoms with Gasteiger partial charge in [-0.25, -0.2) is 9.97 Å². The highest BCUT2D eigenvalue weighted by Crippen LogP contribution is 2.45. The normalized spacial score (nSPS) is 16.9. The fraction of sp³-hybridized carbons (Fsp3) is 0.172. The van der Waals surface area contributed by atoms with Crippen LogP contribution in [0.2, 0.25) is 0 Å². The van der Waals surface area contributed by atoms with Crippen LogP contribution < -0.4 is 14.4 Å². The summed E-state index contributed by atoms with van der Waals surface area (Å²) in [5, 5.41) is 12.0. The van der Waals surface area contributed by atoms with E-state index < -0.39 is 17.7 Å². The van der Waals surface area contributed by atoms with Gasteiger partial charge in [-0.1, -0.05) is 29.5 Å². The van der Waals surface area contributed by atoms with Gasteiger partial charge < -0.3 is 14.6 Å². The molecular formula is C29H24N4O5S. The lowest BCUT2D eigenvalue weighted by atomic mass is 9.96. The van der Waals surface area contributed by atoms with Gasteiger partial charge in [0, 0.05) is 6.20 Å². The number of imidazole rings is 1. The van der Waals surface area contributed by atoms with Crippen LogP contribution in [0.15, 0.2) is 72.4 Å². The number of aryl methyl sites for hydroxylation is 1. The Morgan fingerprint density at radius 1 is 1.05 bits per heavy atom. The second-order valence-electron chi connectivity index (χ2n) is 8.98. The Bertz CT molecular complexity index is 1800. The second-order valence-corrected chi connectivity index (χ2v) is 9.99. The highest BCUT2D eigenvalue weighted by atomic mass is 32.1. The van der Waals surface area contributed by atoms with Gasteiger partial charge in [-0.15, -0.1) is 0 Å². The molecule has 10 heteroatoms. The number of pyridine rings is 1. The number of aliphatic hydroxyl groups is 1. The molecule has 2 aromatic carbocycles. The number of ketones is 1. The van der Waals surface area contributed by atoms with Crippen molar-refractivity contribution in [2.45, 2.75) is 19.9 Å². The number of thiazole rings is 1. The van der Waals surface area contributed by atoms with Gasteiger partial charge in [0.2, 0.25) is 0 Å². The van der Waals surface area contributed by atoms with Crippen molar-refractivity contribution in [3.8, 4) is 11.5 Å². The summed E-state index contributed by atoms with van der Waals surface area (Å²) in [6.07, 6.45) is 1.76. The molecule has 1 unspecified atom stereocenters. The summed E-state index contributed by atoms with van der Waals surface area (Å²) in [7, 11) is 1.58. The first-order valence-corrected chi connectivity index (χ1v) is 13.1. The number of rotatable bonds is 6. The minimum atomic E-state index is -0.943. The van der Waals surface area contributed by atoms with E-state index in [-0.39, 0.29) is 11.3 Å². The van der Waals surface area contributed by atoms with Gasteiger partial charge in [0.15, 0.2) is 10.9 Å². The Morgan fingerprint density at radius 2 is 1.90 bits per heavy atom. The number of carbonyl (C=O) groups excluding carboxylic acids is 2. The summed E-state index contributed by atoms with van der Waals surface area (Å²) in [5.74, 6) is -0.645. The van der Waals surface area contributed by atoms with Crippen LogP contribution in [0.5, 0.6) is 11.5 Å². The second kappa shape index (κ2) is 9.55. The third kappa shape index (κ3) is 4.00. The zero-order valence-corrected chi connectivity index (χ0v) is 22.2. The van der Waals surface area contributed by atoms with E-state index in [4.69, 9.17) is 9.47 Å². The first-order chi connectivity index (χ1) is 18.9. The van der Waals surface area contributed by atoms with Crippen molar-refractivity contribution >= 4 is 49.8 Å². The van der Waals surface area contributed by atoms with Crippen molar-refractivity contribution in [3.05, 3.63) is 89.4 Å². The number of aromatic nitrogens is 3. The Kier molecular flexibility index (Phi) is 6.03. The lowest BCUT2D eigenvalue weighted by Gasteiger charge is -2.23. The number of benzene rings is 2. The van der Waals surface area contributed by atoms with Gasteiger partial charge in [0.25, 0.3) is 5.78 Å². The smallest absolute Gasteiger partial charge is 0.301 e. The van der Waals surface area contributed by atoms with Gasteiger partial charge >= 0.3 is 5.91 Å². The molecule has 6 rings (SSSR count). The Hall–Kier alpha value is -4.70. The third-order valence-electron chi connectivity index (χ3n) is 6.65. The number of fused-ring (bicyclic) bond motifs is 2. The number of anilines is 1. The monoisotopic (exact) mass is 540 g/mol. The Labute approximate surface area is 227 Å². The summed E-state index contributed by atoms with van der Waals surface area (Å²) in [5.41, 5.74) is 2.71. The zero-order valence-electron chi connectivity index (χ0n) is 21.4. The van der Waals surface area contributed by atoms with Gasteiger partial charge in [0.1, 0.15) is 22.8 Å². The van der Waals surface area contributed by atoms with E-state index in [0.717, 1.165) is 4.70 Å². The number of hydrogen-bond donors (Lipinski definition) is 1. The number of carbonyl (C=O) groups is 2. The van der Waals surface area contributed by atoms with E-state index in [9.17, 15) is 14.7 Å². The molecule has 0 radical (unpaired) electrons. The fourth-order valence-electron chi connectivity index (χ4n) is 4.94. The SMILES string of the molecule is CCOc1cccc(C2C(=C(O)c3c(C)nc4ccccn34)C(=O)C(=O)N2c2nc3ccc(OC)cc3s2)c1. The Balaban J connectivity index is 1.59. The lowest BCUT2D eigenvalue weighted by Crippen LogP contribution is -2.29. The van der Waals surface area contributed by atoms with E-state index in [1.54, 1.807) is 67.1 Å². The van der Waals surface area contributed by atoms with E-state index >= 15 is 0 Å². The number of nitrogens with zero attached hydrogens (tertiary/aromatic N) is 4. The van der Waals surface area contributed by atoms with E-state index in [0.29, 0.717) is 51.4 Å². The van der Waals surface area contributed by atoms with E-state index in [2.05, 4.69) is 9.97 Å². The number of hydrogen-bond acceptors (Lipinski definition) is 8. The molecule has 5 aromatic rings. The molecule has 1 aliphatic heterocycles. The van der Waals surface area contributed by atoms with Crippen LogP contribution >= 0.6 is 11.3 Å². The predicted molar refractivity (Wildman–Crippen MR) is 148 cm³/mol. The van der Waals surface area contributed by atoms with Crippen molar-refractivity contribution in [1.29, 1.82) is 0 Å². The van der Waals surface area contributed by atoms with Crippen molar-refractivity contribution in [2.24, 2.45) is 0 Å². The molecule has 1 atom stereocenters. The maximum Gasteiger partial charge on any atom is 0.301 e. The van der Waals surface area contributed by atoms with Crippen LogP contribution in [-0.4, -0.2) is 44.9 Å². The molecule has 39 heavy (non-hydrogen) atoms. The molecule has 1 fully saturated rings. The average molecular weight is 541 g/mol. The molecule has 1 aliphatic rings. The van der Waals surface area contributed by atoms with Gasteiger partial charge in [-0.05, 0) is 61.9 Å². The van der Waals surface area contributed by atoms with Gasteiger partial charge in [-0.2, -0.15) is 0 Å². The van der Waals surface area contributed by atoms with E-state index in [1.165, 1.54) is 16.2 Å². The minimum Gasteiger partial charge on any atom is -0.505 e. The molecule has 1 saturated heterocycles. The molecule has 0 saturated carbocycles. The molecule has 4 heterocycles. The number of ether oxygens (including phenoxy) is 2. The highest BCUT2D eigenvalue weighted by Gasteiger charge is 2.48. The molecule has 0 spiro atoms. The van der Waals surface area contributed by atoms with Crippen LogP contribution in [0.1, 0.15) is 29.9 Å². The molecule has 0 bridgehead atoms. The summed E-state index contributed by atoms with van der Waals surface area (Å²) < 4.78 is 13.6. The molecule has 9 nitrogen and oxygen atoms in total. The fourth-order valence-corrected chi connectivity index (χ4v) is 5.96. The van der Waals surface area contributed by atoms with Crippen LogP contribution in [0, 0.1) is 6.92 Å². The quantitative estimate of drug-likeness (QED) is 0.177. The molecular weight excluding hydrogens is 516 g/mol. The number of methoxy groups -OCH3 is 1. The average Bonchev–Trinajstić information content (AvgIpc) is 3.59. The highest BCUT2D eigenvalue weighted by molar-refractivity contribution is 7.22. The van der Waals surface area contributed by atoms with Crippen molar-refractivity contribution in [3.63, 3.8) is 0 Å². The van der Waals surface area contributed by atoms with E-state index in [1.807, 2.05) is 25.1 Å². The number of Topliss-reactive ketones (excluding diaryl/α,β-unsaturated/α-hetero) is 1. The number of aliphatic hydroxyl groups excluding tert-OH is 1. The zero-order chi connectivity index (χ0) is 27.3. The molecule has 196 valence electrons. The van der Waals surface area contributed by atoms with Crippen LogP contribution in [0.3, 0.4) is 0 Å². The third-order valence-corrected chi connectivity index (χ3v) is 7.67. The summed E-state index contributed by atoms with van der Waals surface area (Å²) in [4.78, 5) is 37.9. The molecule has 0 aliphatic carbocycles. The van der Waals surface area contributed by atoms with Crippen molar-refractivity contribution < 1.29 is 24.2 Å². The van der Waals surface area contributed by atoms with Crippen LogP contribution in [0.4, 0.5) is 5.13 Å². The minimum absolute atomic E-state index is 0.0424. The van der Waals surface area contributed by atoms with Gasteiger partial charge in [-0.3, -0.25) is 18.9 Å². The predicted octanol–water partition coefficient (Wildman–Crippen LogP) is 5.29. The summed E-state index contributed by atoms with van der Waals surface area (Å²) in [6.45, 7) is 4.08. The summed E-state index contributed by atoms with van der Waals surface area (Å²) in [6, 6.07) is 17.1. The largest absolute Gasteiger partial charge is 0.505 e. The number of amides is 1. The van der Waals surface area contributed by atoms with Crippen molar-refractivity contribution in [2.75, 3.05) is 18.6 Å². The molecule has 3 aromatic heterocycles. The lowest BCUT2D eigenvalue weighted by molar-refractivity contribution is -0.132. The maximum atomic E-state index is 13.7. The molecule has 1 amide bonds. The first kappa shape index (κ1) is 24.6. The Morgan fingerprint density at radius 3 is 2.69 bits per heavy atom. The summed E-state index contributed by atoms with van der Waals surface area (Å²) >= 11 is 1.27. The van der Waals surface area contributed by atoms with Gasteiger partial charge in [0.05, 0.1) is 41.2 Å². The van der Waals surface area contributed by atoms with Crippen molar-refractivity contribution in [1.82, 2.24) is 14.4 Å². The van der Waals surface area contributed by atoms with Crippen LogP contribution in [-0.2, 0) is 9.59 Å². The standard InChI is InChI=1S/C29H24N4O5S/c1-4-38-19-9-7-8-17(14-19)25-23(26(34)24-16(2)30-22-10-5-6-13-32(22)24)27(35)28(36)33(25)29-31-20-12-11-18(37-3)15-21(20)39-29/h5-15,25,34H,4H2,1-3H3. The molecule has 1 N–H and O–H groups in total. The topological polar surface area (TPSA) is 106 Å². The first-order valence-electron chi connectivity index (χ1n) is 12.3. The maximum absolute atomic E-state index is 13.7.